The van der Waals surface area contributed by atoms with Crippen molar-refractivity contribution in [2.75, 3.05) is 0 Å². The van der Waals surface area contributed by atoms with E-state index in [-0.39, 0.29) is 5.41 Å². The van der Waals surface area contributed by atoms with E-state index < -0.39 is 0 Å². The summed E-state index contributed by atoms with van der Waals surface area (Å²) in [5, 5.41) is 9.95. The summed E-state index contributed by atoms with van der Waals surface area (Å²) in [5.74, 6) is 7.12. The van der Waals surface area contributed by atoms with Gasteiger partial charge in [-0.2, -0.15) is 5.26 Å². The highest BCUT2D eigenvalue weighted by molar-refractivity contribution is 5.07. The summed E-state index contributed by atoms with van der Waals surface area (Å²) in [6, 6.07) is 2.81. The van der Waals surface area contributed by atoms with E-state index in [9.17, 15) is 5.26 Å². The number of hydrogen-bond donors (Lipinski definition) is 0. The van der Waals surface area contributed by atoms with E-state index in [4.69, 9.17) is 0 Å². The van der Waals surface area contributed by atoms with Crippen LogP contribution in [0.3, 0.4) is 0 Å². The molecule has 0 amide bonds. The lowest BCUT2D eigenvalue weighted by atomic mass is 9.48. The van der Waals surface area contributed by atoms with Gasteiger partial charge in [0.15, 0.2) is 0 Å². The molecular weight excluding hydrogens is 362 g/mol. The summed E-state index contributed by atoms with van der Waals surface area (Å²) in [5.41, 5.74) is 0.0354. The zero-order valence-corrected chi connectivity index (χ0v) is 20.2. The summed E-state index contributed by atoms with van der Waals surface area (Å²) in [4.78, 5) is 0. The third kappa shape index (κ3) is 4.64. The number of unbranched alkanes of at least 4 members (excludes halogenated alkanes) is 4. The molecule has 0 N–H and O–H groups in total. The number of hydrogen-bond acceptors (Lipinski definition) is 1. The number of fused-ring (bicyclic) bond motifs is 5. The fraction of sp³-hybridized carbons (Fsp3) is 0.966. The lowest BCUT2D eigenvalue weighted by Crippen LogP contribution is -2.49. The molecule has 4 rings (SSSR count). The van der Waals surface area contributed by atoms with Gasteiger partial charge in [0.1, 0.15) is 0 Å². The van der Waals surface area contributed by atoms with Crippen molar-refractivity contribution in [1.29, 1.82) is 5.26 Å². The smallest absolute Gasteiger partial charge is 0.0689 e. The van der Waals surface area contributed by atoms with Crippen molar-refractivity contribution in [2.45, 2.75) is 129 Å². The summed E-state index contributed by atoms with van der Waals surface area (Å²) in [7, 11) is 0. The molecule has 0 aromatic carbocycles. The van der Waals surface area contributed by atoms with Gasteiger partial charge in [-0.25, -0.2) is 0 Å². The largest absolute Gasteiger partial charge is 0.198 e. The maximum absolute atomic E-state index is 9.95. The van der Waals surface area contributed by atoms with Gasteiger partial charge >= 0.3 is 0 Å². The molecule has 4 aliphatic carbocycles. The molecule has 0 aromatic rings. The van der Waals surface area contributed by atoms with Crippen molar-refractivity contribution in [3.05, 3.63) is 0 Å². The Hall–Kier alpha value is -0.510. The second kappa shape index (κ2) is 10.4. The predicted octanol–water partition coefficient (Wildman–Crippen LogP) is 8.93. The molecule has 8 atom stereocenters. The average Bonchev–Trinajstić information content (AvgIpc) is 2.78. The van der Waals surface area contributed by atoms with Crippen molar-refractivity contribution in [1.82, 2.24) is 0 Å². The molecule has 4 fully saturated rings. The molecule has 0 spiro atoms. The average molecular weight is 412 g/mol. The van der Waals surface area contributed by atoms with Crippen LogP contribution < -0.4 is 0 Å². The maximum atomic E-state index is 9.95. The summed E-state index contributed by atoms with van der Waals surface area (Å²) >= 11 is 0. The molecule has 0 aromatic heterocycles. The van der Waals surface area contributed by atoms with Gasteiger partial charge in [-0.1, -0.05) is 71.6 Å². The fourth-order valence-electron chi connectivity index (χ4n) is 9.20. The predicted molar refractivity (Wildman–Crippen MR) is 127 cm³/mol. The Bertz CT molecular complexity index is 575. The van der Waals surface area contributed by atoms with Gasteiger partial charge < -0.3 is 0 Å². The zero-order valence-electron chi connectivity index (χ0n) is 20.2. The van der Waals surface area contributed by atoms with Crippen molar-refractivity contribution < 1.29 is 0 Å². The van der Waals surface area contributed by atoms with Crippen LogP contribution in [-0.2, 0) is 0 Å². The van der Waals surface area contributed by atoms with E-state index in [1.165, 1.54) is 89.9 Å². The Kier molecular flexibility index (Phi) is 7.86. The van der Waals surface area contributed by atoms with Gasteiger partial charge in [0.2, 0.25) is 0 Å². The molecule has 0 aliphatic heterocycles. The van der Waals surface area contributed by atoms with E-state index in [1.807, 2.05) is 0 Å². The van der Waals surface area contributed by atoms with E-state index in [0.717, 1.165) is 47.8 Å². The molecule has 30 heavy (non-hydrogen) atoms. The SMILES string of the molecule is CCCCCCCC1CCCC2C1CCC1C3CCC(C#N)(CCC)CC3CCC21. The first-order valence-corrected chi connectivity index (χ1v) is 14.1. The van der Waals surface area contributed by atoms with Crippen LogP contribution >= 0.6 is 0 Å². The van der Waals surface area contributed by atoms with Crippen molar-refractivity contribution in [3.63, 3.8) is 0 Å². The Morgan fingerprint density at radius 3 is 2.27 bits per heavy atom. The van der Waals surface area contributed by atoms with Crippen LogP contribution in [0.25, 0.3) is 0 Å². The van der Waals surface area contributed by atoms with Gasteiger partial charge in [-0.05, 0) is 99.2 Å². The Balaban J connectivity index is 1.36. The third-order valence-corrected chi connectivity index (χ3v) is 10.5. The molecule has 1 nitrogen and oxygen atoms in total. The van der Waals surface area contributed by atoms with Gasteiger partial charge in [0.25, 0.3) is 0 Å². The maximum Gasteiger partial charge on any atom is 0.0689 e. The van der Waals surface area contributed by atoms with Gasteiger partial charge in [-0.15, -0.1) is 0 Å². The van der Waals surface area contributed by atoms with Crippen LogP contribution in [0.4, 0.5) is 0 Å². The van der Waals surface area contributed by atoms with E-state index >= 15 is 0 Å². The van der Waals surface area contributed by atoms with E-state index in [1.54, 1.807) is 19.3 Å². The minimum absolute atomic E-state index is 0.0354. The van der Waals surface area contributed by atoms with E-state index in [0.29, 0.717) is 0 Å². The van der Waals surface area contributed by atoms with Crippen LogP contribution in [0.5, 0.6) is 0 Å². The Morgan fingerprint density at radius 1 is 0.733 bits per heavy atom. The highest BCUT2D eigenvalue weighted by Crippen LogP contribution is 2.60. The standard InChI is InChI=1S/C29H49N/c1-3-5-6-7-8-10-22-11-9-12-26-24(22)15-16-27-25-17-19-29(21-30,18-4-2)20-23(25)13-14-28(26)27/h22-28H,3-20H2,1-2H3. The minimum Gasteiger partial charge on any atom is -0.198 e. The first-order chi connectivity index (χ1) is 14.7. The molecule has 0 radical (unpaired) electrons. The molecule has 0 heterocycles. The lowest BCUT2D eigenvalue weighted by Gasteiger charge is -2.57. The first kappa shape index (κ1) is 22.7. The molecule has 0 saturated heterocycles. The normalized spacial score (nSPS) is 43.2. The van der Waals surface area contributed by atoms with Crippen LogP contribution in [0, 0.1) is 58.2 Å². The quantitative estimate of drug-likeness (QED) is 0.366. The highest BCUT2D eigenvalue weighted by Gasteiger charge is 2.52. The second-order valence-electron chi connectivity index (χ2n) is 12.0. The van der Waals surface area contributed by atoms with Crippen LogP contribution in [0.2, 0.25) is 0 Å². The number of rotatable bonds is 8. The molecule has 8 unspecified atom stereocenters. The zero-order chi connectivity index (χ0) is 21.0. The van der Waals surface area contributed by atoms with Gasteiger partial charge in [-0.3, -0.25) is 0 Å². The monoisotopic (exact) mass is 411 g/mol. The van der Waals surface area contributed by atoms with Crippen LogP contribution in [-0.4, -0.2) is 0 Å². The molecule has 4 saturated carbocycles. The van der Waals surface area contributed by atoms with Crippen LogP contribution in [0.15, 0.2) is 0 Å². The fourth-order valence-corrected chi connectivity index (χ4v) is 9.20. The number of nitrogens with zero attached hydrogens (tertiary/aromatic N) is 1. The molecule has 4 aliphatic rings. The Morgan fingerprint density at radius 2 is 1.47 bits per heavy atom. The van der Waals surface area contributed by atoms with E-state index in [2.05, 4.69) is 19.9 Å². The summed E-state index contributed by atoms with van der Waals surface area (Å²) in [6.07, 6.45) is 25.6. The van der Waals surface area contributed by atoms with Crippen molar-refractivity contribution >= 4 is 0 Å². The van der Waals surface area contributed by atoms with Crippen molar-refractivity contribution in [2.24, 2.45) is 46.8 Å². The minimum atomic E-state index is 0.0354. The first-order valence-electron chi connectivity index (χ1n) is 14.1. The summed E-state index contributed by atoms with van der Waals surface area (Å²) < 4.78 is 0. The molecular formula is C29H49N. The lowest BCUT2D eigenvalue weighted by molar-refractivity contribution is -0.0717. The summed E-state index contributed by atoms with van der Waals surface area (Å²) in [6.45, 7) is 4.60. The Labute approximate surface area is 187 Å². The second-order valence-corrected chi connectivity index (χ2v) is 12.0. The third-order valence-electron chi connectivity index (χ3n) is 10.5. The van der Waals surface area contributed by atoms with Crippen LogP contribution in [0.1, 0.15) is 129 Å². The molecule has 170 valence electrons. The topological polar surface area (TPSA) is 23.8 Å². The molecule has 0 bridgehead atoms. The van der Waals surface area contributed by atoms with Gasteiger partial charge in [0, 0.05) is 0 Å². The molecule has 1 heteroatoms. The van der Waals surface area contributed by atoms with Gasteiger partial charge in [0.05, 0.1) is 11.5 Å². The highest BCUT2D eigenvalue weighted by atomic mass is 14.6. The van der Waals surface area contributed by atoms with Crippen molar-refractivity contribution in [3.8, 4) is 6.07 Å². The number of nitriles is 1.